The highest BCUT2D eigenvalue weighted by atomic mass is 32.2. The largest absolute Gasteiger partial charge is 0.314 e. The number of hydrogen-bond acceptors (Lipinski definition) is 9. The van der Waals surface area contributed by atoms with Crippen molar-refractivity contribution in [2.75, 3.05) is 43.0 Å². The lowest BCUT2D eigenvalue weighted by atomic mass is 10.1. The zero-order chi connectivity index (χ0) is 24.9. The fraction of sp³-hybridized carbons (Fsp3) is 0.375. The first-order chi connectivity index (χ1) is 16.7. The quantitative estimate of drug-likeness (QED) is 0.639. The summed E-state index contributed by atoms with van der Waals surface area (Å²) in [5.74, 6) is 0. The molecule has 2 atom stereocenters. The Balaban J connectivity index is 1.41. The van der Waals surface area contributed by atoms with Gasteiger partial charge in [-0.3, -0.25) is 0 Å². The summed E-state index contributed by atoms with van der Waals surface area (Å²) in [6.45, 7) is 6.57. The molecule has 2 aromatic carbocycles. The van der Waals surface area contributed by atoms with E-state index < -0.39 is 16.2 Å². The number of benzene rings is 2. The first-order valence-electron chi connectivity index (χ1n) is 11.6. The molecule has 2 unspecified atom stereocenters. The molecule has 3 aliphatic rings. The van der Waals surface area contributed by atoms with E-state index >= 15 is 0 Å². The van der Waals surface area contributed by atoms with Crippen LogP contribution in [0.15, 0.2) is 63.1 Å². The van der Waals surface area contributed by atoms with Gasteiger partial charge in [0, 0.05) is 37.6 Å². The molecular weight excluding hydrogens is 482 g/mol. The average Bonchev–Trinajstić information content (AvgIpc) is 3.16. The third kappa shape index (κ3) is 4.26. The van der Waals surface area contributed by atoms with Crippen molar-refractivity contribution in [3.05, 3.63) is 64.3 Å². The van der Waals surface area contributed by atoms with Crippen LogP contribution in [0.25, 0.3) is 0 Å². The SMILES string of the molecule is Cc1cccc(C)c1N1C2=C(N=CN(c3ccc(S(=O)(=O)N4CCN(C)CC4)cc3)C2N)SC1N. The van der Waals surface area contributed by atoms with Crippen LogP contribution in [0.1, 0.15) is 11.1 Å². The maximum absolute atomic E-state index is 13.1. The minimum absolute atomic E-state index is 0.281. The molecular formula is C24H31N7O2S2. The summed E-state index contributed by atoms with van der Waals surface area (Å²) in [6, 6.07) is 13.0. The van der Waals surface area contributed by atoms with Gasteiger partial charge in [0.25, 0.3) is 0 Å². The molecule has 4 N–H and O–H groups in total. The first-order valence-corrected chi connectivity index (χ1v) is 13.9. The van der Waals surface area contributed by atoms with E-state index in [1.807, 2.05) is 18.0 Å². The van der Waals surface area contributed by atoms with Crippen molar-refractivity contribution in [2.45, 2.75) is 30.4 Å². The first kappa shape index (κ1) is 24.3. The third-order valence-electron chi connectivity index (χ3n) is 6.76. The summed E-state index contributed by atoms with van der Waals surface area (Å²) in [6.07, 6.45) is 1.17. The molecule has 0 radical (unpaired) electrons. The summed E-state index contributed by atoms with van der Waals surface area (Å²) >= 11 is 1.48. The Morgan fingerprint density at radius 3 is 2.23 bits per heavy atom. The van der Waals surface area contributed by atoms with Crippen molar-refractivity contribution in [2.24, 2.45) is 16.5 Å². The lowest BCUT2D eigenvalue weighted by molar-refractivity contribution is 0.222. The molecule has 3 aliphatic heterocycles. The molecule has 0 aromatic heterocycles. The van der Waals surface area contributed by atoms with Crippen LogP contribution in [0, 0.1) is 13.8 Å². The highest BCUT2D eigenvalue weighted by Gasteiger charge is 2.40. The molecule has 1 fully saturated rings. The minimum atomic E-state index is -3.54. The molecule has 0 spiro atoms. The molecule has 5 rings (SSSR count). The predicted octanol–water partition coefficient (Wildman–Crippen LogP) is 2.04. The second kappa shape index (κ2) is 9.23. The lowest BCUT2D eigenvalue weighted by Gasteiger charge is -2.37. The number of nitrogens with zero attached hydrogens (tertiary/aromatic N) is 5. The Labute approximate surface area is 211 Å². The van der Waals surface area contributed by atoms with Crippen molar-refractivity contribution in [3.63, 3.8) is 0 Å². The van der Waals surface area contributed by atoms with E-state index in [-0.39, 0.29) is 10.4 Å². The summed E-state index contributed by atoms with van der Waals surface area (Å²) in [5, 5.41) is 0.804. The van der Waals surface area contributed by atoms with E-state index in [2.05, 4.69) is 40.8 Å². The van der Waals surface area contributed by atoms with Gasteiger partial charge < -0.3 is 26.2 Å². The predicted molar refractivity (Wildman–Crippen MR) is 143 cm³/mol. The Kier molecular flexibility index (Phi) is 6.41. The number of para-hydroxylation sites is 1. The molecule has 0 aliphatic carbocycles. The van der Waals surface area contributed by atoms with Crippen LogP contribution in [0.5, 0.6) is 0 Å². The zero-order valence-corrected chi connectivity index (χ0v) is 21.8. The van der Waals surface area contributed by atoms with E-state index in [9.17, 15) is 8.42 Å². The Hall–Kier alpha value is -2.41. The molecule has 1 saturated heterocycles. The van der Waals surface area contributed by atoms with Gasteiger partial charge in [-0.1, -0.05) is 30.0 Å². The molecule has 35 heavy (non-hydrogen) atoms. The number of rotatable bonds is 4. The van der Waals surface area contributed by atoms with Gasteiger partial charge in [0.1, 0.15) is 16.7 Å². The van der Waals surface area contributed by atoms with Gasteiger partial charge in [0.2, 0.25) is 10.0 Å². The van der Waals surface area contributed by atoms with Crippen molar-refractivity contribution in [3.8, 4) is 0 Å². The van der Waals surface area contributed by atoms with E-state index in [1.165, 1.54) is 11.8 Å². The van der Waals surface area contributed by atoms with E-state index in [4.69, 9.17) is 11.5 Å². The van der Waals surface area contributed by atoms with Gasteiger partial charge >= 0.3 is 0 Å². The highest BCUT2D eigenvalue weighted by Crippen LogP contribution is 2.45. The number of hydrogen-bond donors (Lipinski definition) is 2. The molecule has 0 saturated carbocycles. The van der Waals surface area contributed by atoms with Gasteiger partial charge in [-0.05, 0) is 56.3 Å². The topological polar surface area (TPSA) is 112 Å². The van der Waals surface area contributed by atoms with Crippen molar-refractivity contribution in [1.29, 1.82) is 0 Å². The van der Waals surface area contributed by atoms with Crippen molar-refractivity contribution in [1.82, 2.24) is 9.21 Å². The number of aryl methyl sites for hydroxylation is 2. The van der Waals surface area contributed by atoms with Crippen LogP contribution in [-0.4, -0.2) is 68.9 Å². The lowest BCUT2D eigenvalue weighted by Crippen LogP contribution is -2.51. The van der Waals surface area contributed by atoms with Gasteiger partial charge in [-0.15, -0.1) is 0 Å². The molecule has 2 aromatic rings. The number of likely N-dealkylation sites (N-methyl/N-ethyl adjacent to an activating group) is 1. The van der Waals surface area contributed by atoms with Crippen molar-refractivity contribution >= 4 is 39.5 Å². The second-order valence-electron chi connectivity index (χ2n) is 9.11. The number of nitrogens with two attached hydrogens (primary N) is 2. The summed E-state index contributed by atoms with van der Waals surface area (Å²) in [4.78, 5) is 11.0. The fourth-order valence-corrected chi connectivity index (χ4v) is 7.20. The van der Waals surface area contributed by atoms with Gasteiger partial charge in [0.05, 0.1) is 16.9 Å². The van der Waals surface area contributed by atoms with Gasteiger partial charge in [-0.25, -0.2) is 13.4 Å². The van der Waals surface area contributed by atoms with Crippen LogP contribution in [0.2, 0.25) is 0 Å². The van der Waals surface area contributed by atoms with E-state index in [0.717, 1.165) is 46.3 Å². The fourth-order valence-electron chi connectivity index (χ4n) is 4.78. The normalized spacial score (nSPS) is 23.8. The standard InChI is InChI=1S/C24H31N7O2S2/c1-16-5-4-6-17(2)20(16)31-21-22(25)30(15-27-23(21)34-24(31)26)18-7-9-19(10-8-18)35(32,33)29-13-11-28(3)12-14-29/h4-10,15,22,24H,11-14,25-26H2,1-3H3. The zero-order valence-electron chi connectivity index (χ0n) is 20.1. The average molecular weight is 514 g/mol. The van der Waals surface area contributed by atoms with Crippen LogP contribution in [-0.2, 0) is 10.0 Å². The van der Waals surface area contributed by atoms with Crippen molar-refractivity contribution < 1.29 is 8.42 Å². The summed E-state index contributed by atoms with van der Waals surface area (Å²) < 4.78 is 27.8. The maximum Gasteiger partial charge on any atom is 0.243 e. The van der Waals surface area contributed by atoms with Crippen LogP contribution >= 0.6 is 11.8 Å². The molecule has 9 nitrogen and oxygen atoms in total. The number of piperazine rings is 1. The smallest absolute Gasteiger partial charge is 0.243 e. The molecule has 11 heteroatoms. The van der Waals surface area contributed by atoms with E-state index in [0.29, 0.717) is 13.1 Å². The van der Waals surface area contributed by atoms with Gasteiger partial charge in [-0.2, -0.15) is 4.31 Å². The highest BCUT2D eigenvalue weighted by molar-refractivity contribution is 8.04. The summed E-state index contributed by atoms with van der Waals surface area (Å²) in [7, 11) is -1.54. The maximum atomic E-state index is 13.1. The summed E-state index contributed by atoms with van der Waals surface area (Å²) in [5.41, 5.74) is 17.8. The van der Waals surface area contributed by atoms with Gasteiger partial charge in [0.15, 0.2) is 0 Å². The molecule has 3 heterocycles. The molecule has 0 bridgehead atoms. The molecule has 0 amide bonds. The van der Waals surface area contributed by atoms with E-state index in [1.54, 1.807) is 34.9 Å². The monoisotopic (exact) mass is 513 g/mol. The minimum Gasteiger partial charge on any atom is -0.314 e. The van der Waals surface area contributed by atoms with Crippen LogP contribution in [0.4, 0.5) is 11.4 Å². The number of anilines is 2. The third-order valence-corrected chi connectivity index (χ3v) is 9.66. The van der Waals surface area contributed by atoms with Crippen LogP contribution in [0.3, 0.4) is 0 Å². The van der Waals surface area contributed by atoms with Crippen LogP contribution < -0.4 is 21.3 Å². The Morgan fingerprint density at radius 1 is 0.971 bits per heavy atom. The number of thioether (sulfide) groups is 1. The second-order valence-corrected chi connectivity index (χ2v) is 12.2. The Bertz CT molecular complexity index is 1270. The molecule has 186 valence electrons. The number of sulfonamides is 1. The number of aliphatic imine (C=N–C) groups is 1. The Morgan fingerprint density at radius 2 is 1.60 bits per heavy atom.